The first-order valence-corrected chi connectivity index (χ1v) is 7.68. The van der Waals surface area contributed by atoms with Crippen molar-refractivity contribution in [2.24, 2.45) is 11.3 Å². The van der Waals surface area contributed by atoms with Crippen molar-refractivity contribution in [3.05, 3.63) is 0 Å². The molecule has 2 aliphatic rings. The third-order valence-corrected chi connectivity index (χ3v) is 5.28. The maximum absolute atomic E-state index is 5.81. The highest BCUT2D eigenvalue weighted by Gasteiger charge is 2.59. The van der Waals surface area contributed by atoms with Crippen LogP contribution in [0, 0.1) is 11.3 Å². The third kappa shape index (κ3) is 2.14. The van der Waals surface area contributed by atoms with Gasteiger partial charge in [-0.05, 0) is 19.1 Å². The highest BCUT2D eigenvalue weighted by Crippen LogP contribution is 2.52. The van der Waals surface area contributed by atoms with Gasteiger partial charge >= 0.3 is 0 Å². The monoisotopic (exact) mass is 243 g/mol. The van der Waals surface area contributed by atoms with Gasteiger partial charge in [0.1, 0.15) is 0 Å². The zero-order chi connectivity index (χ0) is 11.8. The summed E-state index contributed by atoms with van der Waals surface area (Å²) in [7, 11) is 0. The third-order valence-electron chi connectivity index (χ3n) is 4.14. The molecule has 2 fully saturated rings. The van der Waals surface area contributed by atoms with Crippen LogP contribution in [0.3, 0.4) is 0 Å². The van der Waals surface area contributed by atoms with E-state index in [9.17, 15) is 0 Å². The Morgan fingerprint density at radius 3 is 2.94 bits per heavy atom. The highest BCUT2D eigenvalue weighted by molar-refractivity contribution is 7.99. The fraction of sp³-hybridized carbons (Fsp3) is 1.00. The van der Waals surface area contributed by atoms with E-state index in [1.807, 2.05) is 11.8 Å². The first kappa shape index (κ1) is 12.7. The lowest BCUT2D eigenvalue weighted by Gasteiger charge is -2.55. The molecule has 0 radical (unpaired) electrons. The Balaban J connectivity index is 1.85. The van der Waals surface area contributed by atoms with Crippen molar-refractivity contribution in [1.29, 1.82) is 0 Å². The molecule has 0 spiro atoms. The molecule has 0 aromatic carbocycles. The lowest BCUT2D eigenvalue weighted by atomic mass is 9.57. The number of hydrogen-bond acceptors (Lipinski definition) is 3. The number of rotatable bonds is 5. The molecule has 1 heterocycles. The lowest BCUT2D eigenvalue weighted by Crippen LogP contribution is -2.67. The van der Waals surface area contributed by atoms with Gasteiger partial charge in [0.15, 0.2) is 0 Å². The van der Waals surface area contributed by atoms with E-state index in [1.54, 1.807) is 0 Å². The van der Waals surface area contributed by atoms with Gasteiger partial charge in [0.2, 0.25) is 0 Å². The molecule has 2 rings (SSSR count). The zero-order valence-corrected chi connectivity index (χ0v) is 11.8. The van der Waals surface area contributed by atoms with Gasteiger partial charge in [-0.25, -0.2) is 0 Å². The predicted molar refractivity (Wildman–Crippen MR) is 71.0 cm³/mol. The minimum atomic E-state index is 0.326. The molecule has 1 aliphatic heterocycles. The summed E-state index contributed by atoms with van der Waals surface area (Å²) in [5.74, 6) is 3.21. The summed E-state index contributed by atoms with van der Waals surface area (Å²) in [6, 6.07) is 1.28. The number of ether oxygens (including phenoxy) is 1. The number of nitrogens with one attached hydrogen (secondary N) is 1. The minimum Gasteiger partial charge on any atom is -0.377 e. The zero-order valence-electron chi connectivity index (χ0n) is 11.0. The van der Waals surface area contributed by atoms with Gasteiger partial charge in [0.25, 0.3) is 0 Å². The van der Waals surface area contributed by atoms with Crippen LogP contribution in [-0.4, -0.2) is 36.3 Å². The Morgan fingerprint density at radius 2 is 2.25 bits per heavy atom. The van der Waals surface area contributed by atoms with Crippen molar-refractivity contribution in [3.8, 4) is 0 Å². The summed E-state index contributed by atoms with van der Waals surface area (Å²) in [6.07, 6.45) is 1.76. The molecule has 0 aromatic heterocycles. The van der Waals surface area contributed by atoms with Gasteiger partial charge in [-0.3, -0.25) is 0 Å². The Morgan fingerprint density at radius 1 is 1.50 bits per heavy atom. The summed E-state index contributed by atoms with van der Waals surface area (Å²) in [5.41, 5.74) is 0.326. The van der Waals surface area contributed by atoms with Gasteiger partial charge < -0.3 is 10.1 Å². The van der Waals surface area contributed by atoms with Gasteiger partial charge in [-0.2, -0.15) is 11.8 Å². The second kappa shape index (κ2) is 4.87. The van der Waals surface area contributed by atoms with E-state index < -0.39 is 0 Å². The van der Waals surface area contributed by atoms with Crippen LogP contribution < -0.4 is 5.32 Å². The molecular weight excluding hydrogens is 218 g/mol. The second-order valence-corrected chi connectivity index (χ2v) is 7.09. The molecule has 0 bridgehead atoms. The number of hydrogen-bond donors (Lipinski definition) is 1. The molecule has 2 nitrogen and oxygen atoms in total. The smallest absolute Gasteiger partial charge is 0.0685 e. The van der Waals surface area contributed by atoms with Crippen molar-refractivity contribution in [2.75, 3.05) is 18.1 Å². The summed E-state index contributed by atoms with van der Waals surface area (Å²) in [6.45, 7) is 10.2. The number of thioether (sulfide) groups is 1. The number of fused-ring (bicyclic) bond motifs is 1. The predicted octanol–water partition coefficient (Wildman–Crippen LogP) is 2.53. The summed E-state index contributed by atoms with van der Waals surface area (Å²) in [5, 5.41) is 3.81. The Hall–Kier alpha value is 0.270. The molecule has 94 valence electrons. The normalized spacial score (nSPS) is 37.9. The fourth-order valence-corrected chi connectivity index (χ4v) is 4.00. The van der Waals surface area contributed by atoms with Crippen LogP contribution in [0.1, 0.15) is 34.1 Å². The van der Waals surface area contributed by atoms with Gasteiger partial charge in [0.05, 0.1) is 6.10 Å². The van der Waals surface area contributed by atoms with Crippen LogP contribution in [0.15, 0.2) is 0 Å². The molecule has 16 heavy (non-hydrogen) atoms. The second-order valence-electron chi connectivity index (χ2n) is 5.77. The quantitative estimate of drug-likeness (QED) is 0.802. The Bertz CT molecular complexity index is 244. The van der Waals surface area contributed by atoms with E-state index in [4.69, 9.17) is 4.74 Å². The molecule has 1 saturated heterocycles. The SMILES string of the molecule is CCSCC(C)NC1C2CCOC2C1(C)C. The van der Waals surface area contributed by atoms with Crippen LogP contribution >= 0.6 is 11.8 Å². The average Bonchev–Trinajstić information content (AvgIpc) is 2.69. The van der Waals surface area contributed by atoms with Crippen LogP contribution in [0.5, 0.6) is 0 Å². The van der Waals surface area contributed by atoms with Crippen LogP contribution in [0.25, 0.3) is 0 Å². The molecule has 1 aliphatic carbocycles. The Kier molecular flexibility index (Phi) is 3.87. The van der Waals surface area contributed by atoms with E-state index in [2.05, 4.69) is 33.0 Å². The van der Waals surface area contributed by atoms with Gasteiger partial charge in [-0.1, -0.05) is 20.8 Å². The molecule has 4 unspecified atom stereocenters. The highest BCUT2D eigenvalue weighted by atomic mass is 32.2. The van der Waals surface area contributed by atoms with E-state index >= 15 is 0 Å². The molecule has 0 aromatic rings. The van der Waals surface area contributed by atoms with Crippen LogP contribution in [-0.2, 0) is 4.74 Å². The van der Waals surface area contributed by atoms with E-state index in [-0.39, 0.29) is 0 Å². The lowest BCUT2D eigenvalue weighted by molar-refractivity contribution is -0.114. The van der Waals surface area contributed by atoms with Crippen molar-refractivity contribution in [2.45, 2.75) is 52.3 Å². The molecule has 1 N–H and O–H groups in total. The summed E-state index contributed by atoms with van der Waals surface area (Å²) in [4.78, 5) is 0. The average molecular weight is 243 g/mol. The van der Waals surface area contributed by atoms with Crippen molar-refractivity contribution >= 4 is 11.8 Å². The summed E-state index contributed by atoms with van der Waals surface area (Å²) < 4.78 is 5.81. The minimum absolute atomic E-state index is 0.326. The molecule has 1 saturated carbocycles. The van der Waals surface area contributed by atoms with Crippen molar-refractivity contribution in [3.63, 3.8) is 0 Å². The maximum Gasteiger partial charge on any atom is 0.0685 e. The van der Waals surface area contributed by atoms with E-state index in [0.717, 1.165) is 12.5 Å². The largest absolute Gasteiger partial charge is 0.377 e. The first-order chi connectivity index (χ1) is 7.57. The Labute approximate surface area is 104 Å². The van der Waals surface area contributed by atoms with Crippen molar-refractivity contribution < 1.29 is 4.74 Å². The standard InChI is InChI=1S/C13H25NOS/c1-5-16-8-9(2)14-11-10-6-7-15-12(10)13(11,3)4/h9-12,14H,5-8H2,1-4H3. The fourth-order valence-electron chi connectivity index (χ4n) is 3.31. The molecular formula is C13H25NOS. The van der Waals surface area contributed by atoms with Crippen LogP contribution in [0.2, 0.25) is 0 Å². The maximum atomic E-state index is 5.81. The topological polar surface area (TPSA) is 21.3 Å². The van der Waals surface area contributed by atoms with Crippen molar-refractivity contribution in [1.82, 2.24) is 5.32 Å². The van der Waals surface area contributed by atoms with Gasteiger partial charge in [0, 0.05) is 35.8 Å². The molecule has 0 amide bonds. The van der Waals surface area contributed by atoms with E-state index in [1.165, 1.54) is 17.9 Å². The molecule has 3 heteroatoms. The van der Waals surface area contributed by atoms with E-state index in [0.29, 0.717) is 23.6 Å². The van der Waals surface area contributed by atoms with Gasteiger partial charge in [-0.15, -0.1) is 0 Å². The first-order valence-electron chi connectivity index (χ1n) is 6.52. The van der Waals surface area contributed by atoms with Crippen LogP contribution in [0.4, 0.5) is 0 Å². The molecule has 4 atom stereocenters. The summed E-state index contributed by atoms with van der Waals surface area (Å²) >= 11 is 2.02.